The quantitative estimate of drug-likeness (QED) is 0.269. The van der Waals surface area contributed by atoms with Gasteiger partial charge in [0.05, 0.1) is 10.9 Å². The molecule has 0 saturated carbocycles. The van der Waals surface area contributed by atoms with Crippen LogP contribution < -0.4 is 10.1 Å². The molecule has 0 spiro atoms. The Labute approximate surface area is 183 Å². The Kier molecular flexibility index (Phi) is 7.12. The third kappa shape index (κ3) is 4.13. The Bertz CT molecular complexity index is 833. The molecule has 2 N–H and O–H groups in total. The fourth-order valence-electron chi connectivity index (χ4n) is 4.11. The van der Waals surface area contributed by atoms with Gasteiger partial charge in [-0.25, -0.2) is 9.37 Å². The molecule has 7 nitrogen and oxygen atoms in total. The first-order chi connectivity index (χ1) is 13.1. The van der Waals surface area contributed by atoms with Crippen molar-refractivity contribution in [3.63, 3.8) is 0 Å². The predicted molar refractivity (Wildman–Crippen MR) is 100 cm³/mol. The Morgan fingerprint density at radius 1 is 1.32 bits per heavy atom. The van der Waals surface area contributed by atoms with Crippen molar-refractivity contribution in [2.75, 3.05) is 38.2 Å². The van der Waals surface area contributed by atoms with Gasteiger partial charge < -0.3 is 15.2 Å². The number of aliphatic hydroxyl groups excluding tert-OH is 1. The molecule has 2 aliphatic rings. The zero-order valence-electron chi connectivity index (χ0n) is 15.4. The maximum atomic E-state index is 14.5. The average Bonchev–Trinajstić information content (AvgIpc) is 3.24. The molecule has 2 aromatic rings. The van der Waals surface area contributed by atoms with Crippen LogP contribution in [0.5, 0.6) is 6.01 Å². The van der Waals surface area contributed by atoms with Crippen molar-refractivity contribution >= 4 is 28.3 Å². The Balaban J connectivity index is 0.00000225. The zero-order valence-corrected chi connectivity index (χ0v) is 18.3. The maximum absolute atomic E-state index is 14.5. The van der Waals surface area contributed by atoms with Crippen LogP contribution in [0.15, 0.2) is 6.20 Å². The molecule has 0 unspecified atom stereocenters. The summed E-state index contributed by atoms with van der Waals surface area (Å²) in [5.74, 6) is -0.299. The molecule has 0 amide bonds. The van der Waals surface area contributed by atoms with Crippen molar-refractivity contribution in [2.24, 2.45) is 0 Å². The molecule has 1 radical (unpaired) electrons. The molecule has 0 atom stereocenters. The second-order valence-corrected chi connectivity index (χ2v) is 7.40. The van der Waals surface area contributed by atoms with Crippen molar-refractivity contribution in [1.29, 1.82) is 0 Å². The third-order valence-corrected chi connectivity index (χ3v) is 5.71. The van der Waals surface area contributed by atoms with Gasteiger partial charge in [-0.05, 0) is 38.8 Å². The normalized spacial score (nSPS) is 18.1. The van der Waals surface area contributed by atoms with E-state index in [4.69, 9.17) is 21.4 Å². The fourth-order valence-corrected chi connectivity index (χ4v) is 4.24. The Hall–Kier alpha value is -1.03. The number of hydrogen-bond donors (Lipinski definition) is 2. The predicted octanol–water partition coefficient (Wildman–Crippen LogP) is 2.43. The van der Waals surface area contributed by atoms with Gasteiger partial charge in [-0.3, -0.25) is 11.3 Å². The van der Waals surface area contributed by atoms with E-state index in [9.17, 15) is 4.39 Å². The van der Waals surface area contributed by atoms with Gasteiger partial charge >= 0.3 is 6.01 Å². The number of halogens is 2. The number of aromatic nitrogens is 3. The maximum Gasteiger partial charge on any atom is 0.319 e. The van der Waals surface area contributed by atoms with E-state index in [1.807, 2.05) is 0 Å². The summed E-state index contributed by atoms with van der Waals surface area (Å²) < 4.78 is 20.4. The van der Waals surface area contributed by atoms with Crippen LogP contribution in [-0.4, -0.2) is 63.3 Å². The molecule has 0 aliphatic carbocycles. The van der Waals surface area contributed by atoms with E-state index in [0.29, 0.717) is 24.4 Å². The SMILES string of the molecule is OC[CH-]CNc1nc(OCC23CCCN2CCC3)nc2c(F)c(Cl)ncc12.[Nb]. The molecule has 2 saturated heterocycles. The van der Waals surface area contributed by atoms with E-state index in [-0.39, 0.29) is 51.2 Å². The number of pyridine rings is 1. The van der Waals surface area contributed by atoms with Crippen LogP contribution in [0.3, 0.4) is 0 Å². The molecule has 151 valence electrons. The van der Waals surface area contributed by atoms with Gasteiger partial charge in [0.25, 0.3) is 0 Å². The van der Waals surface area contributed by atoms with Crippen LogP contribution in [-0.2, 0) is 22.4 Å². The van der Waals surface area contributed by atoms with E-state index in [1.165, 1.54) is 19.0 Å². The average molecular weight is 488 g/mol. The number of aliphatic hydroxyl groups is 1. The Morgan fingerprint density at radius 2 is 2.07 bits per heavy atom. The summed E-state index contributed by atoms with van der Waals surface area (Å²) in [6.45, 7) is 2.98. The summed E-state index contributed by atoms with van der Waals surface area (Å²) in [5.41, 5.74) is 0.115. The molecule has 28 heavy (non-hydrogen) atoms. The summed E-state index contributed by atoms with van der Waals surface area (Å²) in [6, 6.07) is 0.114. The molecule has 2 aromatic heterocycles. The second kappa shape index (κ2) is 9.19. The first-order valence-electron chi connectivity index (χ1n) is 9.19. The molecule has 10 heteroatoms. The van der Waals surface area contributed by atoms with Crippen molar-refractivity contribution < 1.29 is 36.6 Å². The molecule has 0 aromatic carbocycles. The molecular weight excluding hydrogens is 466 g/mol. The van der Waals surface area contributed by atoms with Gasteiger partial charge in [0.1, 0.15) is 17.9 Å². The minimum atomic E-state index is -0.697. The number of rotatable bonds is 7. The first kappa shape index (κ1) is 21.7. The van der Waals surface area contributed by atoms with Crippen LogP contribution in [0.1, 0.15) is 25.7 Å². The topological polar surface area (TPSA) is 83.4 Å². The number of hydrogen-bond acceptors (Lipinski definition) is 7. The van der Waals surface area contributed by atoms with Crippen LogP contribution in [0.25, 0.3) is 10.9 Å². The van der Waals surface area contributed by atoms with E-state index in [0.717, 1.165) is 25.9 Å². The number of nitrogens with zero attached hydrogens (tertiary/aromatic N) is 4. The standard InChI is InChI=1S/C18H22ClFN5O2.Nb/c19-15-13(20)14-12(10-22-15)16(21-6-3-9-26)24-17(23-14)27-11-18-4-1-7-25(18)8-2-5-18;/h3,10,26H,1-2,4-9,11H2,(H,21,23,24);/q-1;. The van der Waals surface area contributed by atoms with E-state index in [2.05, 4.69) is 25.2 Å². The van der Waals surface area contributed by atoms with Crippen molar-refractivity contribution in [3.05, 3.63) is 23.6 Å². The molecule has 2 fully saturated rings. The van der Waals surface area contributed by atoms with Crippen molar-refractivity contribution in [3.8, 4) is 6.01 Å². The molecule has 2 aliphatic heterocycles. The van der Waals surface area contributed by atoms with Gasteiger partial charge in [-0.1, -0.05) is 18.2 Å². The first-order valence-corrected chi connectivity index (χ1v) is 9.57. The van der Waals surface area contributed by atoms with E-state index in [1.54, 1.807) is 6.42 Å². The van der Waals surface area contributed by atoms with Gasteiger partial charge in [0.15, 0.2) is 11.0 Å². The summed E-state index contributed by atoms with van der Waals surface area (Å²) in [6.07, 6.45) is 7.59. The zero-order chi connectivity index (χ0) is 18.9. The molecule has 4 rings (SSSR count). The largest absolute Gasteiger partial charge is 0.461 e. The molecular formula is C18H22ClFN5NbO2-. The van der Waals surface area contributed by atoms with Crippen LogP contribution in [0.4, 0.5) is 10.2 Å². The monoisotopic (exact) mass is 487 g/mol. The number of fused-ring (bicyclic) bond motifs is 2. The van der Waals surface area contributed by atoms with Gasteiger partial charge in [-0.2, -0.15) is 9.97 Å². The van der Waals surface area contributed by atoms with Gasteiger partial charge in [-0.15, -0.1) is 6.54 Å². The van der Waals surface area contributed by atoms with Crippen LogP contribution in [0.2, 0.25) is 5.15 Å². The minimum absolute atomic E-state index is 0. The Morgan fingerprint density at radius 3 is 2.79 bits per heavy atom. The summed E-state index contributed by atoms with van der Waals surface area (Å²) in [4.78, 5) is 15.0. The van der Waals surface area contributed by atoms with Crippen molar-refractivity contribution in [1.82, 2.24) is 19.9 Å². The smallest absolute Gasteiger partial charge is 0.319 e. The van der Waals surface area contributed by atoms with E-state index >= 15 is 0 Å². The fraction of sp³-hybridized carbons (Fsp3) is 0.556. The van der Waals surface area contributed by atoms with Crippen molar-refractivity contribution in [2.45, 2.75) is 31.2 Å². The summed E-state index contributed by atoms with van der Waals surface area (Å²) in [7, 11) is 0. The van der Waals surface area contributed by atoms with Gasteiger partial charge in [0.2, 0.25) is 0 Å². The minimum Gasteiger partial charge on any atom is -0.461 e. The van der Waals surface area contributed by atoms with Crippen LogP contribution in [0, 0.1) is 12.2 Å². The van der Waals surface area contributed by atoms with Crippen LogP contribution >= 0.6 is 11.6 Å². The van der Waals surface area contributed by atoms with Gasteiger partial charge in [0, 0.05) is 28.6 Å². The second-order valence-electron chi connectivity index (χ2n) is 7.04. The third-order valence-electron chi connectivity index (χ3n) is 5.45. The number of nitrogens with one attached hydrogen (secondary N) is 1. The number of ether oxygens (including phenoxy) is 1. The van der Waals surface area contributed by atoms with E-state index < -0.39 is 5.82 Å². The summed E-state index contributed by atoms with van der Waals surface area (Å²) >= 11 is 5.82. The number of anilines is 1. The summed E-state index contributed by atoms with van der Waals surface area (Å²) in [5, 5.41) is 12.2. The molecule has 0 bridgehead atoms. The molecule has 4 heterocycles.